The Bertz CT molecular complexity index is 892. The van der Waals surface area contributed by atoms with E-state index in [9.17, 15) is 8.42 Å². The number of piperazine rings is 1. The molecule has 0 spiro atoms. The lowest BCUT2D eigenvalue weighted by Crippen LogP contribution is -2.48. The summed E-state index contributed by atoms with van der Waals surface area (Å²) in [6.45, 7) is 5.90. The van der Waals surface area contributed by atoms with Crippen molar-refractivity contribution in [2.75, 3.05) is 31.1 Å². The molecule has 3 rings (SSSR count). The summed E-state index contributed by atoms with van der Waals surface area (Å²) >= 11 is 12.0. The number of anilines is 1. The predicted molar refractivity (Wildman–Crippen MR) is 103 cm³/mol. The molecule has 0 unspecified atom stereocenters. The molecule has 0 N–H and O–H groups in total. The molecule has 4 nitrogen and oxygen atoms in total. The molecule has 0 bridgehead atoms. The number of nitrogens with zero attached hydrogens (tertiary/aromatic N) is 2. The van der Waals surface area contributed by atoms with Crippen LogP contribution >= 0.6 is 23.2 Å². The van der Waals surface area contributed by atoms with Gasteiger partial charge in [-0.15, -0.1) is 0 Å². The van der Waals surface area contributed by atoms with Gasteiger partial charge >= 0.3 is 0 Å². The van der Waals surface area contributed by atoms with Gasteiger partial charge in [-0.1, -0.05) is 40.9 Å². The van der Waals surface area contributed by atoms with Crippen LogP contribution in [0.2, 0.25) is 10.0 Å². The largest absolute Gasteiger partial charge is 0.369 e. The Kier molecular flexibility index (Phi) is 5.30. The van der Waals surface area contributed by atoms with Gasteiger partial charge in [-0.05, 0) is 43.7 Å². The number of hydrogen-bond acceptors (Lipinski definition) is 3. The van der Waals surface area contributed by atoms with E-state index in [1.54, 1.807) is 16.4 Å². The summed E-state index contributed by atoms with van der Waals surface area (Å²) in [5.74, 6) is 0. The van der Waals surface area contributed by atoms with Crippen LogP contribution in [-0.2, 0) is 10.0 Å². The zero-order chi connectivity index (χ0) is 18.2. The van der Waals surface area contributed by atoms with E-state index in [1.165, 1.54) is 0 Å². The summed E-state index contributed by atoms with van der Waals surface area (Å²) in [5, 5.41) is 1.02. The van der Waals surface area contributed by atoms with Gasteiger partial charge in [0.2, 0.25) is 10.0 Å². The minimum Gasteiger partial charge on any atom is -0.369 e. The van der Waals surface area contributed by atoms with Gasteiger partial charge < -0.3 is 4.90 Å². The van der Waals surface area contributed by atoms with Crippen LogP contribution in [0.3, 0.4) is 0 Å². The first-order valence-corrected chi connectivity index (χ1v) is 10.3. The molecule has 25 heavy (non-hydrogen) atoms. The topological polar surface area (TPSA) is 40.6 Å². The molecule has 0 radical (unpaired) electrons. The summed E-state index contributed by atoms with van der Waals surface area (Å²) in [6, 6.07) is 10.9. The maximum absolute atomic E-state index is 12.9. The van der Waals surface area contributed by atoms with Crippen molar-refractivity contribution in [2.45, 2.75) is 18.7 Å². The van der Waals surface area contributed by atoms with Gasteiger partial charge in [-0.25, -0.2) is 8.42 Å². The van der Waals surface area contributed by atoms with Crippen molar-refractivity contribution >= 4 is 38.9 Å². The second-order valence-electron chi connectivity index (χ2n) is 6.26. The van der Waals surface area contributed by atoms with Crippen molar-refractivity contribution in [3.05, 3.63) is 57.6 Å². The van der Waals surface area contributed by atoms with Crippen molar-refractivity contribution in [1.82, 2.24) is 4.31 Å². The van der Waals surface area contributed by atoms with Gasteiger partial charge in [0, 0.05) is 31.9 Å². The van der Waals surface area contributed by atoms with Crippen molar-refractivity contribution in [3.8, 4) is 0 Å². The smallest absolute Gasteiger partial charge is 0.243 e. The molecule has 0 amide bonds. The molecule has 2 aromatic carbocycles. The molecule has 1 aliphatic heterocycles. The molecule has 0 aliphatic carbocycles. The minimum absolute atomic E-state index is 0.390. The Balaban J connectivity index is 1.76. The monoisotopic (exact) mass is 398 g/mol. The van der Waals surface area contributed by atoms with Crippen LogP contribution in [-0.4, -0.2) is 38.9 Å². The highest BCUT2D eigenvalue weighted by Gasteiger charge is 2.29. The van der Waals surface area contributed by atoms with E-state index in [0.29, 0.717) is 41.1 Å². The lowest BCUT2D eigenvalue weighted by molar-refractivity contribution is 0.384. The van der Waals surface area contributed by atoms with Crippen molar-refractivity contribution in [2.24, 2.45) is 0 Å². The van der Waals surface area contributed by atoms with Gasteiger partial charge in [0.15, 0.2) is 0 Å². The Labute approximate surface area is 159 Å². The average Bonchev–Trinajstić information content (AvgIpc) is 2.57. The van der Waals surface area contributed by atoms with Gasteiger partial charge in [-0.2, -0.15) is 4.31 Å². The van der Waals surface area contributed by atoms with Crippen LogP contribution in [0, 0.1) is 13.8 Å². The van der Waals surface area contributed by atoms with Crippen LogP contribution in [0.5, 0.6) is 0 Å². The summed E-state index contributed by atoms with van der Waals surface area (Å²) < 4.78 is 27.4. The Morgan fingerprint density at radius 1 is 0.880 bits per heavy atom. The average molecular weight is 399 g/mol. The molecule has 0 aromatic heterocycles. The number of rotatable bonds is 3. The highest BCUT2D eigenvalue weighted by molar-refractivity contribution is 7.89. The van der Waals surface area contributed by atoms with Crippen LogP contribution < -0.4 is 4.90 Å². The lowest BCUT2D eigenvalue weighted by Gasteiger charge is -2.35. The van der Waals surface area contributed by atoms with Gasteiger partial charge in [0.25, 0.3) is 0 Å². The first-order chi connectivity index (χ1) is 11.8. The first kappa shape index (κ1) is 18.5. The molecule has 1 aliphatic rings. The fourth-order valence-electron chi connectivity index (χ4n) is 3.10. The van der Waals surface area contributed by atoms with Gasteiger partial charge in [-0.3, -0.25) is 0 Å². The summed E-state index contributed by atoms with van der Waals surface area (Å²) in [4.78, 5) is 2.51. The molecule has 2 aromatic rings. The molecule has 134 valence electrons. The van der Waals surface area contributed by atoms with E-state index in [0.717, 1.165) is 16.8 Å². The second-order valence-corrected chi connectivity index (χ2v) is 8.98. The fraction of sp³-hybridized carbons (Fsp3) is 0.333. The third-order valence-electron chi connectivity index (χ3n) is 4.46. The van der Waals surface area contributed by atoms with Gasteiger partial charge in [0.1, 0.15) is 0 Å². The molecule has 0 saturated carbocycles. The number of aryl methyl sites for hydroxylation is 2. The van der Waals surface area contributed by atoms with Crippen LogP contribution in [0.15, 0.2) is 41.3 Å². The van der Waals surface area contributed by atoms with Crippen molar-refractivity contribution in [1.29, 1.82) is 0 Å². The molecule has 7 heteroatoms. The molecular formula is C18H20Cl2N2O2S. The van der Waals surface area contributed by atoms with Crippen LogP contribution in [0.25, 0.3) is 0 Å². The van der Waals surface area contributed by atoms with E-state index < -0.39 is 10.0 Å². The summed E-state index contributed by atoms with van der Waals surface area (Å²) in [7, 11) is -3.47. The Hall–Kier alpha value is -1.27. The van der Waals surface area contributed by atoms with E-state index in [1.807, 2.05) is 38.1 Å². The Morgan fingerprint density at radius 2 is 1.56 bits per heavy atom. The zero-order valence-corrected chi connectivity index (χ0v) is 16.5. The van der Waals surface area contributed by atoms with Crippen LogP contribution in [0.1, 0.15) is 11.1 Å². The van der Waals surface area contributed by atoms with Crippen molar-refractivity contribution < 1.29 is 8.42 Å². The molecule has 1 saturated heterocycles. The second kappa shape index (κ2) is 7.16. The number of sulfonamides is 1. The van der Waals surface area contributed by atoms with Crippen LogP contribution in [0.4, 0.5) is 5.69 Å². The Morgan fingerprint density at radius 3 is 2.16 bits per heavy atom. The third-order valence-corrected chi connectivity index (χ3v) is 7.25. The molecule has 0 atom stereocenters. The molecule has 1 heterocycles. The quantitative estimate of drug-likeness (QED) is 0.780. The lowest BCUT2D eigenvalue weighted by atomic mass is 10.2. The maximum atomic E-state index is 12.9. The normalized spacial score (nSPS) is 16.2. The van der Waals surface area contributed by atoms with E-state index in [-0.39, 0.29) is 0 Å². The SMILES string of the molecule is Cc1ccc(S(=O)(=O)N2CCN(c3ccc(Cl)c(Cl)c3)CC2)c(C)c1. The third kappa shape index (κ3) is 3.80. The predicted octanol–water partition coefficient (Wildman–Crippen LogP) is 4.12. The highest BCUT2D eigenvalue weighted by Crippen LogP contribution is 2.29. The van der Waals surface area contributed by atoms with Gasteiger partial charge in [0.05, 0.1) is 14.9 Å². The zero-order valence-electron chi connectivity index (χ0n) is 14.2. The van der Waals surface area contributed by atoms with E-state index in [4.69, 9.17) is 23.2 Å². The fourth-order valence-corrected chi connectivity index (χ4v) is 5.02. The number of halogens is 2. The minimum atomic E-state index is -3.47. The molecule has 1 fully saturated rings. The first-order valence-electron chi connectivity index (χ1n) is 8.06. The van der Waals surface area contributed by atoms with Crippen molar-refractivity contribution in [3.63, 3.8) is 0 Å². The molecular weight excluding hydrogens is 379 g/mol. The number of hydrogen-bond donors (Lipinski definition) is 0. The summed E-state index contributed by atoms with van der Waals surface area (Å²) in [5.41, 5.74) is 2.80. The highest BCUT2D eigenvalue weighted by atomic mass is 35.5. The van der Waals surface area contributed by atoms with E-state index >= 15 is 0 Å². The van der Waals surface area contributed by atoms with E-state index in [2.05, 4.69) is 4.90 Å². The summed E-state index contributed by atoms with van der Waals surface area (Å²) in [6.07, 6.45) is 0. The number of benzene rings is 2. The maximum Gasteiger partial charge on any atom is 0.243 e. The standard InChI is InChI=1S/C18H20Cl2N2O2S/c1-13-3-6-18(14(2)11-13)25(23,24)22-9-7-21(8-10-22)15-4-5-16(19)17(20)12-15/h3-6,11-12H,7-10H2,1-2H3.